The summed E-state index contributed by atoms with van der Waals surface area (Å²) < 4.78 is 0. The van der Waals surface area contributed by atoms with Gasteiger partial charge in [-0.3, -0.25) is 9.89 Å². The van der Waals surface area contributed by atoms with Crippen molar-refractivity contribution in [3.63, 3.8) is 0 Å². The lowest BCUT2D eigenvalue weighted by Crippen LogP contribution is -2.42. The second kappa shape index (κ2) is 9.10. The van der Waals surface area contributed by atoms with Crippen LogP contribution in [0.25, 0.3) is 11.1 Å². The third kappa shape index (κ3) is 4.53. The SMILES string of the molecule is Cc1ccc(C(O)(CNC(=O)c2ccccc2C(=O)O)c2ccc(-c3cn[nH]c3)cc2)cc1. The quantitative estimate of drug-likeness (QED) is 0.349. The zero-order chi connectivity index (χ0) is 23.4. The molecule has 1 amide bonds. The molecule has 0 saturated carbocycles. The number of nitrogens with zero attached hydrogens (tertiary/aromatic N) is 1. The number of aromatic amines is 1. The van der Waals surface area contributed by atoms with Gasteiger partial charge in [-0.05, 0) is 35.7 Å². The van der Waals surface area contributed by atoms with Crippen molar-refractivity contribution in [2.45, 2.75) is 12.5 Å². The maximum absolute atomic E-state index is 12.8. The van der Waals surface area contributed by atoms with Crippen LogP contribution < -0.4 is 5.32 Å². The van der Waals surface area contributed by atoms with E-state index in [1.165, 1.54) is 12.1 Å². The zero-order valence-electron chi connectivity index (χ0n) is 17.9. The Labute approximate surface area is 190 Å². The molecule has 0 saturated heterocycles. The van der Waals surface area contributed by atoms with Crippen LogP contribution in [0.2, 0.25) is 0 Å². The van der Waals surface area contributed by atoms with E-state index in [9.17, 15) is 19.8 Å². The van der Waals surface area contributed by atoms with Gasteiger partial charge < -0.3 is 15.5 Å². The molecule has 7 heteroatoms. The van der Waals surface area contributed by atoms with Gasteiger partial charge in [0.2, 0.25) is 0 Å². The molecule has 1 aromatic heterocycles. The molecule has 0 aliphatic rings. The van der Waals surface area contributed by atoms with Crippen molar-refractivity contribution in [1.82, 2.24) is 15.5 Å². The number of hydrogen-bond donors (Lipinski definition) is 4. The molecule has 166 valence electrons. The number of carboxylic acids is 1. The van der Waals surface area contributed by atoms with Crippen LogP contribution in [0.3, 0.4) is 0 Å². The van der Waals surface area contributed by atoms with Crippen LogP contribution in [0.4, 0.5) is 0 Å². The molecule has 0 aliphatic heterocycles. The monoisotopic (exact) mass is 441 g/mol. The number of benzene rings is 3. The van der Waals surface area contributed by atoms with Gasteiger partial charge in [0.25, 0.3) is 5.91 Å². The highest BCUT2D eigenvalue weighted by Gasteiger charge is 2.32. The summed E-state index contributed by atoms with van der Waals surface area (Å²) in [5.74, 6) is -1.77. The highest BCUT2D eigenvalue weighted by Crippen LogP contribution is 2.31. The van der Waals surface area contributed by atoms with Crippen molar-refractivity contribution in [1.29, 1.82) is 0 Å². The Hall–Kier alpha value is -4.23. The molecule has 4 N–H and O–H groups in total. The van der Waals surface area contributed by atoms with Crippen LogP contribution in [0, 0.1) is 6.92 Å². The largest absolute Gasteiger partial charge is 0.478 e. The second-order valence-electron chi connectivity index (χ2n) is 7.82. The summed E-state index contributed by atoms with van der Waals surface area (Å²) in [6.07, 6.45) is 3.49. The minimum absolute atomic E-state index is 0.0339. The number of amides is 1. The molecule has 0 bridgehead atoms. The van der Waals surface area contributed by atoms with E-state index in [1.807, 2.05) is 43.3 Å². The van der Waals surface area contributed by atoms with Gasteiger partial charge in [-0.15, -0.1) is 0 Å². The fourth-order valence-corrected chi connectivity index (χ4v) is 3.72. The number of aliphatic hydroxyl groups is 1. The number of nitrogens with one attached hydrogen (secondary N) is 2. The number of H-pyrrole nitrogens is 1. The first-order valence-electron chi connectivity index (χ1n) is 10.4. The van der Waals surface area contributed by atoms with E-state index in [0.29, 0.717) is 11.1 Å². The van der Waals surface area contributed by atoms with E-state index in [2.05, 4.69) is 15.5 Å². The average Bonchev–Trinajstić information content (AvgIpc) is 3.38. The van der Waals surface area contributed by atoms with E-state index in [4.69, 9.17) is 0 Å². The lowest BCUT2D eigenvalue weighted by molar-refractivity contribution is 0.0672. The summed E-state index contributed by atoms with van der Waals surface area (Å²) in [5.41, 5.74) is 2.48. The molecular weight excluding hydrogens is 418 g/mol. The number of aromatic nitrogens is 2. The van der Waals surface area contributed by atoms with Crippen LogP contribution in [0.1, 0.15) is 37.4 Å². The normalized spacial score (nSPS) is 12.7. The Balaban J connectivity index is 1.66. The van der Waals surface area contributed by atoms with Crippen molar-refractivity contribution in [3.05, 3.63) is 113 Å². The van der Waals surface area contributed by atoms with Crippen LogP contribution in [0.15, 0.2) is 85.2 Å². The molecule has 1 heterocycles. The van der Waals surface area contributed by atoms with Gasteiger partial charge in [0.05, 0.1) is 23.9 Å². The topological polar surface area (TPSA) is 115 Å². The number of rotatable bonds is 7. The number of hydrogen-bond acceptors (Lipinski definition) is 4. The lowest BCUT2D eigenvalue weighted by atomic mass is 9.85. The van der Waals surface area contributed by atoms with Crippen molar-refractivity contribution >= 4 is 11.9 Å². The highest BCUT2D eigenvalue weighted by molar-refractivity contribution is 6.04. The molecular formula is C26H23N3O4. The average molecular weight is 441 g/mol. The van der Waals surface area contributed by atoms with Crippen molar-refractivity contribution in [3.8, 4) is 11.1 Å². The van der Waals surface area contributed by atoms with Gasteiger partial charge in [-0.1, -0.05) is 66.2 Å². The minimum Gasteiger partial charge on any atom is -0.478 e. The fourth-order valence-electron chi connectivity index (χ4n) is 3.72. The van der Waals surface area contributed by atoms with Crippen LogP contribution in [-0.2, 0) is 5.60 Å². The summed E-state index contributed by atoms with van der Waals surface area (Å²) >= 11 is 0. The Bertz CT molecular complexity index is 1270. The lowest BCUT2D eigenvalue weighted by Gasteiger charge is -2.30. The van der Waals surface area contributed by atoms with Crippen molar-refractivity contribution in [2.24, 2.45) is 0 Å². The van der Waals surface area contributed by atoms with Gasteiger partial charge in [0.1, 0.15) is 5.60 Å². The molecule has 33 heavy (non-hydrogen) atoms. The molecule has 0 radical (unpaired) electrons. The van der Waals surface area contributed by atoms with Gasteiger partial charge in [-0.25, -0.2) is 4.79 Å². The van der Waals surface area contributed by atoms with Crippen LogP contribution in [-0.4, -0.2) is 38.8 Å². The fraction of sp³-hybridized carbons (Fsp3) is 0.115. The molecule has 3 aromatic carbocycles. The van der Waals surface area contributed by atoms with E-state index >= 15 is 0 Å². The summed E-state index contributed by atoms with van der Waals surface area (Å²) in [7, 11) is 0. The third-order valence-electron chi connectivity index (χ3n) is 5.63. The zero-order valence-corrected chi connectivity index (χ0v) is 17.9. The summed E-state index contributed by atoms with van der Waals surface area (Å²) in [6, 6.07) is 20.8. The van der Waals surface area contributed by atoms with Crippen LogP contribution in [0.5, 0.6) is 0 Å². The Morgan fingerprint density at radius 3 is 2.09 bits per heavy atom. The molecule has 0 spiro atoms. The van der Waals surface area contributed by atoms with Gasteiger partial charge in [0.15, 0.2) is 0 Å². The van der Waals surface area contributed by atoms with E-state index in [0.717, 1.165) is 16.7 Å². The smallest absolute Gasteiger partial charge is 0.336 e. The molecule has 7 nitrogen and oxygen atoms in total. The number of carbonyl (C=O) groups is 2. The first kappa shape index (κ1) is 22.0. The van der Waals surface area contributed by atoms with Gasteiger partial charge in [0, 0.05) is 11.8 Å². The van der Waals surface area contributed by atoms with Crippen molar-refractivity contribution < 1.29 is 19.8 Å². The Kier molecular flexibility index (Phi) is 6.06. The van der Waals surface area contributed by atoms with Gasteiger partial charge >= 0.3 is 5.97 Å². The second-order valence-corrected chi connectivity index (χ2v) is 7.82. The van der Waals surface area contributed by atoms with Crippen LogP contribution >= 0.6 is 0 Å². The van der Waals surface area contributed by atoms with E-state index in [1.54, 1.807) is 36.7 Å². The van der Waals surface area contributed by atoms with Crippen molar-refractivity contribution in [2.75, 3.05) is 6.54 Å². The molecule has 1 unspecified atom stereocenters. The summed E-state index contributed by atoms with van der Waals surface area (Å²) in [5, 5.41) is 30.6. The third-order valence-corrected chi connectivity index (χ3v) is 5.63. The first-order valence-corrected chi connectivity index (χ1v) is 10.4. The number of carboxylic acid groups (broad SMARTS) is 1. The Morgan fingerprint density at radius 1 is 0.909 bits per heavy atom. The first-order chi connectivity index (χ1) is 15.9. The molecule has 0 aliphatic carbocycles. The Morgan fingerprint density at radius 2 is 1.52 bits per heavy atom. The molecule has 0 fully saturated rings. The molecule has 4 aromatic rings. The van der Waals surface area contributed by atoms with E-state index < -0.39 is 17.5 Å². The summed E-state index contributed by atoms with van der Waals surface area (Å²) in [4.78, 5) is 24.3. The van der Waals surface area contributed by atoms with E-state index in [-0.39, 0.29) is 17.7 Å². The molecule has 4 rings (SSSR count). The maximum atomic E-state index is 12.8. The number of aryl methyl sites for hydroxylation is 1. The standard InChI is InChI=1S/C26H23N3O4/c1-17-6-10-20(11-7-17)26(33,21-12-8-18(9-13-21)19-14-28-29-15-19)16-27-24(30)22-4-2-3-5-23(22)25(31)32/h2-15,33H,16H2,1H3,(H,27,30)(H,28,29)(H,31,32). The highest BCUT2D eigenvalue weighted by atomic mass is 16.4. The predicted molar refractivity (Wildman–Crippen MR) is 124 cm³/mol. The summed E-state index contributed by atoms with van der Waals surface area (Å²) in [6.45, 7) is 1.81. The maximum Gasteiger partial charge on any atom is 0.336 e. The predicted octanol–water partition coefficient (Wildman–Crippen LogP) is 3.75. The number of carbonyl (C=O) groups excluding carboxylic acids is 1. The molecule has 1 atom stereocenters. The van der Waals surface area contributed by atoms with Gasteiger partial charge in [-0.2, -0.15) is 5.10 Å². The number of aromatic carboxylic acids is 1. The minimum atomic E-state index is -1.53.